The van der Waals surface area contributed by atoms with Crippen molar-refractivity contribution in [3.8, 4) is 0 Å². The second-order valence-electron chi connectivity index (χ2n) is 2.64. The molecule has 0 fully saturated rings. The van der Waals surface area contributed by atoms with Crippen LogP contribution in [0.5, 0.6) is 0 Å². The molecule has 15 heavy (non-hydrogen) atoms. The fourth-order valence-corrected chi connectivity index (χ4v) is 1.17. The Morgan fingerprint density at radius 3 is 2.60 bits per heavy atom. The van der Waals surface area contributed by atoms with Crippen molar-refractivity contribution in [2.75, 3.05) is 6.61 Å². The zero-order valence-corrected chi connectivity index (χ0v) is 9.05. The van der Waals surface area contributed by atoms with Gasteiger partial charge < -0.3 is 4.84 Å². The zero-order valence-electron chi connectivity index (χ0n) is 7.46. The lowest BCUT2D eigenvalue weighted by Gasteiger charge is -2.03. The van der Waals surface area contributed by atoms with Crippen LogP contribution in [0.3, 0.4) is 0 Å². The Bertz CT molecular complexity index is 351. The molecule has 0 heterocycles. The van der Waals surface area contributed by atoms with Gasteiger partial charge in [0.15, 0.2) is 0 Å². The highest BCUT2D eigenvalue weighted by Gasteiger charge is 2.28. The van der Waals surface area contributed by atoms with Crippen LogP contribution in [0.2, 0.25) is 0 Å². The lowest BCUT2D eigenvalue weighted by molar-refractivity contribution is -0.173. The SMILES string of the molecule is FC(F)(F)CON=Cc1ccccc1Br. The van der Waals surface area contributed by atoms with Crippen LogP contribution in [0, 0.1) is 0 Å². The average Bonchev–Trinajstić information content (AvgIpc) is 2.13. The number of oxime groups is 1. The van der Waals surface area contributed by atoms with Crippen molar-refractivity contribution in [1.82, 2.24) is 0 Å². The third kappa shape index (κ3) is 4.83. The predicted octanol–water partition coefficient (Wildman–Crippen LogP) is 3.36. The van der Waals surface area contributed by atoms with Gasteiger partial charge in [0.2, 0.25) is 6.61 Å². The Morgan fingerprint density at radius 1 is 1.33 bits per heavy atom. The molecule has 0 aliphatic rings. The fraction of sp³-hybridized carbons (Fsp3) is 0.222. The first-order valence-electron chi connectivity index (χ1n) is 3.95. The van der Waals surface area contributed by atoms with E-state index in [0.717, 1.165) is 4.47 Å². The van der Waals surface area contributed by atoms with Gasteiger partial charge in [-0.15, -0.1) is 0 Å². The standard InChI is InChI=1S/C9H7BrF3NO/c10-8-4-2-1-3-7(8)5-14-15-6-9(11,12)13/h1-5H,6H2. The smallest absolute Gasteiger partial charge is 0.386 e. The van der Waals surface area contributed by atoms with Crippen molar-refractivity contribution >= 4 is 22.1 Å². The summed E-state index contributed by atoms with van der Waals surface area (Å²) in [6, 6.07) is 6.99. The molecule has 0 aliphatic heterocycles. The van der Waals surface area contributed by atoms with E-state index in [-0.39, 0.29) is 0 Å². The van der Waals surface area contributed by atoms with Crippen molar-refractivity contribution in [3.05, 3.63) is 34.3 Å². The summed E-state index contributed by atoms with van der Waals surface area (Å²) in [4.78, 5) is 4.08. The van der Waals surface area contributed by atoms with Gasteiger partial charge in [0.1, 0.15) is 0 Å². The van der Waals surface area contributed by atoms with E-state index >= 15 is 0 Å². The molecule has 0 N–H and O–H groups in total. The number of rotatable bonds is 3. The third-order valence-electron chi connectivity index (χ3n) is 1.40. The predicted molar refractivity (Wildman–Crippen MR) is 53.7 cm³/mol. The molecule has 0 amide bonds. The molecule has 82 valence electrons. The largest absolute Gasteiger partial charge is 0.425 e. The van der Waals surface area contributed by atoms with Crippen molar-refractivity contribution < 1.29 is 18.0 Å². The third-order valence-corrected chi connectivity index (χ3v) is 2.12. The van der Waals surface area contributed by atoms with Gasteiger partial charge >= 0.3 is 6.18 Å². The molecule has 1 aromatic rings. The molecule has 0 saturated carbocycles. The lowest BCUT2D eigenvalue weighted by atomic mass is 10.2. The Labute approximate surface area is 92.9 Å². The van der Waals surface area contributed by atoms with Crippen LogP contribution in [0.25, 0.3) is 0 Å². The van der Waals surface area contributed by atoms with Crippen LogP contribution < -0.4 is 0 Å². The zero-order chi connectivity index (χ0) is 11.3. The quantitative estimate of drug-likeness (QED) is 0.615. The highest BCUT2D eigenvalue weighted by Crippen LogP contribution is 2.15. The lowest BCUT2D eigenvalue weighted by Crippen LogP contribution is -2.14. The molecular weight excluding hydrogens is 275 g/mol. The summed E-state index contributed by atoms with van der Waals surface area (Å²) in [6.45, 7) is -1.38. The van der Waals surface area contributed by atoms with Crippen LogP contribution in [0.1, 0.15) is 5.56 Å². The molecule has 0 unspecified atom stereocenters. The Hall–Kier alpha value is -1.04. The monoisotopic (exact) mass is 281 g/mol. The van der Waals surface area contributed by atoms with Crippen LogP contribution in [0.4, 0.5) is 13.2 Å². The Morgan fingerprint density at radius 2 is 2.00 bits per heavy atom. The molecule has 0 aromatic heterocycles. The van der Waals surface area contributed by atoms with E-state index in [9.17, 15) is 13.2 Å². The topological polar surface area (TPSA) is 21.6 Å². The Balaban J connectivity index is 2.49. The maximum atomic E-state index is 11.7. The maximum absolute atomic E-state index is 11.7. The second-order valence-corrected chi connectivity index (χ2v) is 3.50. The number of alkyl halides is 3. The van der Waals surface area contributed by atoms with E-state index < -0.39 is 12.8 Å². The van der Waals surface area contributed by atoms with E-state index in [0.29, 0.717) is 5.56 Å². The van der Waals surface area contributed by atoms with Crippen LogP contribution >= 0.6 is 15.9 Å². The molecular formula is C9H7BrF3NO. The van der Waals surface area contributed by atoms with Gasteiger partial charge in [0, 0.05) is 10.0 Å². The minimum atomic E-state index is -4.36. The highest BCUT2D eigenvalue weighted by atomic mass is 79.9. The summed E-state index contributed by atoms with van der Waals surface area (Å²) in [5.41, 5.74) is 0.652. The summed E-state index contributed by atoms with van der Waals surface area (Å²) in [5.74, 6) is 0. The van der Waals surface area contributed by atoms with Gasteiger partial charge in [-0.05, 0) is 6.07 Å². The van der Waals surface area contributed by atoms with Crippen molar-refractivity contribution in [2.24, 2.45) is 5.16 Å². The number of benzene rings is 1. The number of hydrogen-bond acceptors (Lipinski definition) is 2. The molecule has 0 aliphatic carbocycles. The fourth-order valence-electron chi connectivity index (χ4n) is 0.784. The van der Waals surface area contributed by atoms with Gasteiger partial charge in [-0.2, -0.15) is 13.2 Å². The molecule has 0 bridgehead atoms. The number of hydrogen-bond donors (Lipinski definition) is 0. The van der Waals surface area contributed by atoms with Gasteiger partial charge in [-0.3, -0.25) is 0 Å². The average molecular weight is 282 g/mol. The van der Waals surface area contributed by atoms with Gasteiger partial charge in [-0.1, -0.05) is 39.3 Å². The van der Waals surface area contributed by atoms with E-state index in [2.05, 4.69) is 25.9 Å². The van der Waals surface area contributed by atoms with E-state index in [1.165, 1.54) is 6.21 Å². The molecule has 1 rings (SSSR count). The minimum absolute atomic E-state index is 0.652. The summed E-state index contributed by atoms with van der Waals surface area (Å²) in [7, 11) is 0. The summed E-state index contributed by atoms with van der Waals surface area (Å²) >= 11 is 3.22. The summed E-state index contributed by atoms with van der Waals surface area (Å²) in [6.07, 6.45) is -3.14. The highest BCUT2D eigenvalue weighted by molar-refractivity contribution is 9.10. The molecule has 0 spiro atoms. The van der Waals surface area contributed by atoms with E-state index in [4.69, 9.17) is 0 Å². The van der Waals surface area contributed by atoms with Gasteiger partial charge in [0.25, 0.3) is 0 Å². The van der Waals surface area contributed by atoms with Crippen molar-refractivity contribution in [1.29, 1.82) is 0 Å². The van der Waals surface area contributed by atoms with Crippen LogP contribution in [-0.4, -0.2) is 19.0 Å². The summed E-state index contributed by atoms with van der Waals surface area (Å²) < 4.78 is 35.7. The maximum Gasteiger partial charge on any atom is 0.425 e. The second kappa shape index (κ2) is 5.16. The van der Waals surface area contributed by atoms with Crippen molar-refractivity contribution in [3.63, 3.8) is 0 Å². The van der Waals surface area contributed by atoms with Gasteiger partial charge in [-0.25, -0.2) is 0 Å². The normalized spacial score (nSPS) is 12.0. The van der Waals surface area contributed by atoms with E-state index in [1.54, 1.807) is 24.3 Å². The molecule has 0 saturated heterocycles. The minimum Gasteiger partial charge on any atom is -0.386 e. The first kappa shape index (κ1) is 12.0. The van der Waals surface area contributed by atoms with Crippen molar-refractivity contribution in [2.45, 2.75) is 6.18 Å². The van der Waals surface area contributed by atoms with Crippen LogP contribution in [-0.2, 0) is 4.84 Å². The molecule has 2 nitrogen and oxygen atoms in total. The van der Waals surface area contributed by atoms with Crippen LogP contribution in [0.15, 0.2) is 33.9 Å². The summed E-state index contributed by atoms with van der Waals surface area (Å²) in [5, 5.41) is 3.21. The van der Waals surface area contributed by atoms with Gasteiger partial charge in [0.05, 0.1) is 6.21 Å². The molecule has 6 heteroatoms. The number of nitrogens with zero attached hydrogens (tertiary/aromatic N) is 1. The first-order chi connectivity index (χ1) is 6.99. The molecule has 1 aromatic carbocycles. The molecule has 0 atom stereocenters. The first-order valence-corrected chi connectivity index (χ1v) is 4.75. The molecule has 0 radical (unpaired) electrons. The number of halogens is 4. The Kier molecular flexibility index (Phi) is 4.14. The van der Waals surface area contributed by atoms with E-state index in [1.807, 2.05) is 0 Å².